The summed E-state index contributed by atoms with van der Waals surface area (Å²) in [6, 6.07) is 14.5. The standard InChI is InChI=1S/C23H25FN2O2/c1-15-11-17(7-10-21(15)24)18-12-19(22(27)25-20-8-9-20)14-26(13-18)23(28)16-5-3-2-4-6-16/h2-7,10-11,18-20H,8-9,12-14H2,1H3,(H,25,27). The van der Waals surface area contributed by atoms with Crippen LogP contribution in [0.25, 0.3) is 0 Å². The van der Waals surface area contributed by atoms with Crippen LogP contribution in [-0.2, 0) is 4.79 Å². The molecule has 0 spiro atoms. The van der Waals surface area contributed by atoms with E-state index < -0.39 is 0 Å². The van der Waals surface area contributed by atoms with Crippen molar-refractivity contribution in [2.24, 2.45) is 5.92 Å². The highest BCUT2D eigenvalue weighted by Crippen LogP contribution is 2.33. The normalized spacial score (nSPS) is 22.0. The molecule has 0 aromatic heterocycles. The maximum atomic E-state index is 13.7. The molecule has 0 radical (unpaired) electrons. The third-order valence-electron chi connectivity index (χ3n) is 5.71. The molecule has 2 aliphatic rings. The van der Waals surface area contributed by atoms with Crippen molar-refractivity contribution < 1.29 is 14.0 Å². The summed E-state index contributed by atoms with van der Waals surface area (Å²) in [6.45, 7) is 2.70. The largest absolute Gasteiger partial charge is 0.353 e. The van der Waals surface area contributed by atoms with Crippen molar-refractivity contribution in [3.63, 3.8) is 0 Å². The summed E-state index contributed by atoms with van der Waals surface area (Å²) in [5.41, 5.74) is 2.19. The van der Waals surface area contributed by atoms with Gasteiger partial charge in [0.05, 0.1) is 5.92 Å². The molecular weight excluding hydrogens is 355 g/mol. The van der Waals surface area contributed by atoms with Crippen LogP contribution >= 0.6 is 0 Å². The lowest BCUT2D eigenvalue weighted by Crippen LogP contribution is -2.48. The Morgan fingerprint density at radius 1 is 1.07 bits per heavy atom. The summed E-state index contributed by atoms with van der Waals surface area (Å²) in [4.78, 5) is 27.6. The Morgan fingerprint density at radius 3 is 2.50 bits per heavy atom. The average molecular weight is 380 g/mol. The fourth-order valence-corrected chi connectivity index (χ4v) is 3.93. The predicted octanol–water partition coefficient (Wildman–Crippen LogP) is 3.66. The minimum Gasteiger partial charge on any atom is -0.353 e. The molecule has 28 heavy (non-hydrogen) atoms. The van der Waals surface area contributed by atoms with Crippen LogP contribution in [0.5, 0.6) is 0 Å². The Kier molecular flexibility index (Phi) is 5.16. The Bertz CT molecular complexity index is 879. The molecule has 1 aliphatic heterocycles. The van der Waals surface area contributed by atoms with Crippen molar-refractivity contribution in [2.45, 2.75) is 38.1 Å². The molecule has 2 aromatic rings. The van der Waals surface area contributed by atoms with Gasteiger partial charge in [0, 0.05) is 30.6 Å². The molecule has 2 amide bonds. The molecule has 1 N–H and O–H groups in total. The SMILES string of the molecule is Cc1cc(C2CC(C(=O)NC3CC3)CN(C(=O)c3ccccc3)C2)ccc1F. The van der Waals surface area contributed by atoms with Crippen LogP contribution < -0.4 is 5.32 Å². The number of carbonyl (C=O) groups excluding carboxylic acids is 2. The third-order valence-corrected chi connectivity index (χ3v) is 5.71. The van der Waals surface area contributed by atoms with Crippen LogP contribution in [0.4, 0.5) is 4.39 Å². The number of nitrogens with one attached hydrogen (secondary N) is 1. The van der Waals surface area contributed by atoms with E-state index in [-0.39, 0.29) is 29.5 Å². The van der Waals surface area contributed by atoms with E-state index in [1.165, 1.54) is 6.07 Å². The van der Waals surface area contributed by atoms with Gasteiger partial charge in [0.25, 0.3) is 5.91 Å². The highest BCUT2D eigenvalue weighted by Gasteiger charge is 2.36. The highest BCUT2D eigenvalue weighted by atomic mass is 19.1. The number of likely N-dealkylation sites (tertiary alicyclic amines) is 1. The van der Waals surface area contributed by atoms with Gasteiger partial charge in [-0.3, -0.25) is 9.59 Å². The fourth-order valence-electron chi connectivity index (χ4n) is 3.93. The lowest BCUT2D eigenvalue weighted by molar-refractivity contribution is -0.126. The first-order valence-corrected chi connectivity index (χ1v) is 9.92. The van der Waals surface area contributed by atoms with E-state index in [1.807, 2.05) is 24.3 Å². The van der Waals surface area contributed by atoms with Crippen LogP contribution in [-0.4, -0.2) is 35.8 Å². The molecule has 4 nitrogen and oxygen atoms in total. The zero-order valence-electron chi connectivity index (χ0n) is 16.0. The zero-order valence-corrected chi connectivity index (χ0v) is 16.0. The minimum absolute atomic E-state index is 0.00988. The Morgan fingerprint density at radius 2 is 1.82 bits per heavy atom. The number of hydrogen-bond acceptors (Lipinski definition) is 2. The van der Waals surface area contributed by atoms with Gasteiger partial charge in [0.1, 0.15) is 5.82 Å². The number of piperidine rings is 1. The first kappa shape index (κ1) is 18.7. The van der Waals surface area contributed by atoms with Gasteiger partial charge in [-0.15, -0.1) is 0 Å². The summed E-state index contributed by atoms with van der Waals surface area (Å²) < 4.78 is 13.7. The first-order chi connectivity index (χ1) is 13.5. The van der Waals surface area contributed by atoms with Crippen LogP contribution in [0.1, 0.15) is 46.7 Å². The number of nitrogens with zero attached hydrogens (tertiary/aromatic N) is 1. The Hall–Kier alpha value is -2.69. The Balaban J connectivity index is 1.59. The molecule has 4 rings (SSSR count). The number of amides is 2. The molecule has 1 saturated carbocycles. The molecule has 2 fully saturated rings. The van der Waals surface area contributed by atoms with E-state index in [9.17, 15) is 14.0 Å². The molecule has 1 aliphatic carbocycles. The van der Waals surface area contributed by atoms with Gasteiger partial charge >= 0.3 is 0 Å². The van der Waals surface area contributed by atoms with E-state index >= 15 is 0 Å². The smallest absolute Gasteiger partial charge is 0.253 e. The van der Waals surface area contributed by atoms with E-state index in [1.54, 1.807) is 30.0 Å². The summed E-state index contributed by atoms with van der Waals surface area (Å²) in [7, 11) is 0. The first-order valence-electron chi connectivity index (χ1n) is 9.92. The van der Waals surface area contributed by atoms with Gasteiger partial charge in [-0.05, 0) is 55.5 Å². The van der Waals surface area contributed by atoms with Crippen molar-refractivity contribution in [2.75, 3.05) is 13.1 Å². The highest BCUT2D eigenvalue weighted by molar-refractivity contribution is 5.94. The summed E-state index contributed by atoms with van der Waals surface area (Å²) in [5, 5.41) is 3.08. The van der Waals surface area contributed by atoms with Gasteiger partial charge in [-0.2, -0.15) is 0 Å². The number of hydrogen-bond donors (Lipinski definition) is 1. The molecule has 1 saturated heterocycles. The molecule has 2 unspecified atom stereocenters. The summed E-state index contributed by atoms with van der Waals surface area (Å²) >= 11 is 0. The number of rotatable bonds is 4. The second-order valence-corrected chi connectivity index (χ2v) is 8.00. The number of carbonyl (C=O) groups is 2. The van der Waals surface area contributed by atoms with Gasteiger partial charge < -0.3 is 10.2 Å². The van der Waals surface area contributed by atoms with Crippen molar-refractivity contribution in [1.82, 2.24) is 10.2 Å². The summed E-state index contributed by atoms with van der Waals surface area (Å²) in [5.74, 6) is -0.516. The molecule has 0 bridgehead atoms. The molecule has 2 atom stereocenters. The number of benzene rings is 2. The van der Waals surface area contributed by atoms with E-state index in [0.717, 1.165) is 18.4 Å². The Labute approximate surface area is 164 Å². The fraction of sp³-hybridized carbons (Fsp3) is 0.391. The monoisotopic (exact) mass is 380 g/mol. The number of halogens is 1. The van der Waals surface area contributed by atoms with Gasteiger partial charge in [0.15, 0.2) is 0 Å². The maximum absolute atomic E-state index is 13.7. The van der Waals surface area contributed by atoms with Gasteiger partial charge in [-0.25, -0.2) is 4.39 Å². The maximum Gasteiger partial charge on any atom is 0.253 e. The minimum atomic E-state index is -0.252. The van der Waals surface area contributed by atoms with Gasteiger partial charge in [0.2, 0.25) is 5.91 Å². The zero-order chi connectivity index (χ0) is 19.7. The van der Waals surface area contributed by atoms with Crippen molar-refractivity contribution in [1.29, 1.82) is 0 Å². The lowest BCUT2D eigenvalue weighted by Gasteiger charge is -2.37. The van der Waals surface area contributed by atoms with Crippen LogP contribution in [0.3, 0.4) is 0 Å². The average Bonchev–Trinajstić information content (AvgIpc) is 3.53. The van der Waals surface area contributed by atoms with Crippen molar-refractivity contribution in [3.05, 3.63) is 71.0 Å². The van der Waals surface area contributed by atoms with Crippen molar-refractivity contribution in [3.8, 4) is 0 Å². The second kappa shape index (κ2) is 7.74. The number of aryl methyl sites for hydroxylation is 1. The van der Waals surface area contributed by atoms with Gasteiger partial charge in [-0.1, -0.05) is 30.3 Å². The van der Waals surface area contributed by atoms with E-state index in [2.05, 4.69) is 5.32 Å². The molecule has 1 heterocycles. The lowest BCUT2D eigenvalue weighted by atomic mass is 9.83. The molecular formula is C23H25FN2O2. The van der Waals surface area contributed by atoms with Crippen LogP contribution in [0.15, 0.2) is 48.5 Å². The molecule has 146 valence electrons. The van der Waals surface area contributed by atoms with E-state index in [0.29, 0.717) is 36.7 Å². The quantitative estimate of drug-likeness (QED) is 0.880. The molecule has 2 aromatic carbocycles. The van der Waals surface area contributed by atoms with E-state index in [4.69, 9.17) is 0 Å². The summed E-state index contributed by atoms with van der Waals surface area (Å²) in [6.07, 6.45) is 2.74. The van der Waals surface area contributed by atoms with Crippen LogP contribution in [0, 0.1) is 18.7 Å². The second-order valence-electron chi connectivity index (χ2n) is 8.00. The third kappa shape index (κ3) is 4.08. The predicted molar refractivity (Wildman–Crippen MR) is 105 cm³/mol. The van der Waals surface area contributed by atoms with Crippen molar-refractivity contribution >= 4 is 11.8 Å². The topological polar surface area (TPSA) is 49.4 Å². The molecule has 5 heteroatoms. The van der Waals surface area contributed by atoms with Crippen LogP contribution in [0.2, 0.25) is 0 Å².